The van der Waals surface area contributed by atoms with Gasteiger partial charge in [0.05, 0.1) is 19.1 Å². The average Bonchev–Trinajstić information content (AvgIpc) is 2.26. The number of aryl methyl sites for hydroxylation is 1. The SMILES string of the molecule is COc1c(C)cc(C(C#N)C(C)C)c(C)c1C. The minimum absolute atomic E-state index is 0.0432. The lowest BCUT2D eigenvalue weighted by Crippen LogP contribution is -2.08. The molecule has 0 aliphatic carbocycles. The van der Waals surface area contributed by atoms with Crippen molar-refractivity contribution in [2.24, 2.45) is 5.92 Å². The van der Waals surface area contributed by atoms with Gasteiger partial charge in [-0.2, -0.15) is 5.26 Å². The number of benzene rings is 1. The maximum Gasteiger partial charge on any atom is 0.124 e. The Hall–Kier alpha value is -1.49. The first-order valence-corrected chi connectivity index (χ1v) is 5.98. The minimum atomic E-state index is -0.0432. The maximum absolute atomic E-state index is 9.30. The van der Waals surface area contributed by atoms with Crippen LogP contribution in [0.15, 0.2) is 6.07 Å². The molecular formula is C15H21NO. The molecule has 0 fully saturated rings. The van der Waals surface area contributed by atoms with Crippen LogP contribution >= 0.6 is 0 Å². The number of nitrogens with zero attached hydrogens (tertiary/aromatic N) is 1. The Labute approximate surface area is 104 Å². The number of ether oxygens (including phenoxy) is 1. The topological polar surface area (TPSA) is 33.0 Å². The molecule has 1 atom stereocenters. The minimum Gasteiger partial charge on any atom is -0.496 e. The molecule has 0 aromatic heterocycles. The summed E-state index contributed by atoms with van der Waals surface area (Å²) in [5.41, 5.74) is 4.56. The molecule has 0 aliphatic heterocycles. The van der Waals surface area contributed by atoms with Gasteiger partial charge in [-0.1, -0.05) is 19.9 Å². The third-order valence-corrected chi connectivity index (χ3v) is 3.41. The predicted octanol–water partition coefficient (Wildman–Crippen LogP) is 3.88. The number of methoxy groups -OCH3 is 1. The highest BCUT2D eigenvalue weighted by molar-refractivity contribution is 5.51. The molecule has 0 bridgehead atoms. The van der Waals surface area contributed by atoms with Gasteiger partial charge < -0.3 is 4.74 Å². The summed E-state index contributed by atoms with van der Waals surface area (Å²) >= 11 is 0. The number of nitriles is 1. The van der Waals surface area contributed by atoms with Crippen LogP contribution in [0.1, 0.15) is 42.0 Å². The van der Waals surface area contributed by atoms with Gasteiger partial charge in [0.1, 0.15) is 5.75 Å². The fraction of sp³-hybridized carbons (Fsp3) is 0.533. The molecule has 0 spiro atoms. The average molecular weight is 231 g/mol. The summed E-state index contributed by atoms with van der Waals surface area (Å²) in [4.78, 5) is 0. The normalized spacial score (nSPS) is 12.4. The van der Waals surface area contributed by atoms with Crippen LogP contribution in [-0.2, 0) is 0 Å². The van der Waals surface area contributed by atoms with Gasteiger partial charge in [-0.25, -0.2) is 0 Å². The van der Waals surface area contributed by atoms with E-state index < -0.39 is 0 Å². The first kappa shape index (κ1) is 13.6. The Morgan fingerprint density at radius 1 is 1.18 bits per heavy atom. The first-order valence-electron chi connectivity index (χ1n) is 5.98. The van der Waals surface area contributed by atoms with Gasteiger partial charge in [-0.3, -0.25) is 0 Å². The molecule has 0 heterocycles. The van der Waals surface area contributed by atoms with Crippen molar-refractivity contribution in [1.82, 2.24) is 0 Å². The number of hydrogen-bond acceptors (Lipinski definition) is 2. The first-order chi connectivity index (χ1) is 7.93. The summed E-state index contributed by atoms with van der Waals surface area (Å²) in [7, 11) is 1.69. The van der Waals surface area contributed by atoms with E-state index >= 15 is 0 Å². The molecule has 0 aliphatic rings. The highest BCUT2D eigenvalue weighted by Crippen LogP contribution is 2.34. The molecule has 0 amide bonds. The van der Waals surface area contributed by atoms with Crippen LogP contribution in [0.2, 0.25) is 0 Å². The second kappa shape index (κ2) is 5.23. The molecule has 2 heteroatoms. The van der Waals surface area contributed by atoms with Crippen molar-refractivity contribution in [2.45, 2.75) is 40.5 Å². The standard InChI is InChI=1S/C15H21NO/c1-9(2)14(8-16)13-7-10(3)15(17-6)12(5)11(13)4/h7,9,14H,1-6H3. The Balaban J connectivity index is 3.43. The Kier molecular flexibility index (Phi) is 4.17. The van der Waals surface area contributed by atoms with E-state index in [1.54, 1.807) is 7.11 Å². The Morgan fingerprint density at radius 3 is 2.18 bits per heavy atom. The molecule has 0 radical (unpaired) electrons. The van der Waals surface area contributed by atoms with E-state index in [0.29, 0.717) is 5.92 Å². The summed E-state index contributed by atoms with van der Waals surface area (Å²) in [6.45, 7) is 10.3. The molecule has 0 saturated heterocycles. The largest absolute Gasteiger partial charge is 0.496 e. The van der Waals surface area contributed by atoms with Crippen molar-refractivity contribution < 1.29 is 4.74 Å². The van der Waals surface area contributed by atoms with Crippen molar-refractivity contribution in [3.05, 3.63) is 28.3 Å². The van der Waals surface area contributed by atoms with E-state index in [9.17, 15) is 5.26 Å². The third kappa shape index (κ3) is 2.44. The monoisotopic (exact) mass is 231 g/mol. The summed E-state index contributed by atoms with van der Waals surface area (Å²) in [6.07, 6.45) is 0. The molecule has 2 nitrogen and oxygen atoms in total. The van der Waals surface area contributed by atoms with Crippen molar-refractivity contribution >= 4 is 0 Å². The fourth-order valence-corrected chi connectivity index (χ4v) is 2.30. The van der Waals surface area contributed by atoms with Crippen LogP contribution in [0.4, 0.5) is 0 Å². The van der Waals surface area contributed by atoms with E-state index in [4.69, 9.17) is 4.74 Å². The molecular weight excluding hydrogens is 210 g/mol. The van der Waals surface area contributed by atoms with Gasteiger partial charge in [0.2, 0.25) is 0 Å². The Bertz CT molecular complexity index is 455. The zero-order valence-corrected chi connectivity index (χ0v) is 11.6. The van der Waals surface area contributed by atoms with Crippen molar-refractivity contribution in [2.75, 3.05) is 7.11 Å². The van der Waals surface area contributed by atoms with Crippen LogP contribution in [0.3, 0.4) is 0 Å². The van der Waals surface area contributed by atoms with Crippen molar-refractivity contribution in [3.63, 3.8) is 0 Å². The van der Waals surface area contributed by atoms with E-state index in [1.165, 1.54) is 5.56 Å². The van der Waals surface area contributed by atoms with Gasteiger partial charge >= 0.3 is 0 Å². The number of hydrogen-bond donors (Lipinski definition) is 0. The summed E-state index contributed by atoms with van der Waals surface area (Å²) in [5, 5.41) is 9.30. The smallest absolute Gasteiger partial charge is 0.124 e. The zero-order valence-electron chi connectivity index (χ0n) is 11.6. The second-order valence-electron chi connectivity index (χ2n) is 4.92. The quantitative estimate of drug-likeness (QED) is 0.790. The molecule has 1 unspecified atom stereocenters. The zero-order chi connectivity index (χ0) is 13.2. The lowest BCUT2D eigenvalue weighted by molar-refractivity contribution is 0.407. The lowest BCUT2D eigenvalue weighted by Gasteiger charge is -2.20. The van der Waals surface area contributed by atoms with Crippen LogP contribution < -0.4 is 4.74 Å². The summed E-state index contributed by atoms with van der Waals surface area (Å²) in [5.74, 6) is 1.22. The Morgan fingerprint density at radius 2 is 1.76 bits per heavy atom. The molecule has 0 N–H and O–H groups in total. The van der Waals surface area contributed by atoms with Gasteiger partial charge in [0, 0.05) is 0 Å². The maximum atomic E-state index is 9.30. The van der Waals surface area contributed by atoms with Crippen LogP contribution in [0, 0.1) is 38.0 Å². The summed E-state index contributed by atoms with van der Waals surface area (Å²) in [6, 6.07) is 4.50. The molecule has 1 aromatic carbocycles. The van der Waals surface area contributed by atoms with Crippen molar-refractivity contribution in [3.8, 4) is 11.8 Å². The van der Waals surface area contributed by atoms with Crippen molar-refractivity contribution in [1.29, 1.82) is 5.26 Å². The third-order valence-electron chi connectivity index (χ3n) is 3.41. The van der Waals surface area contributed by atoms with E-state index in [1.807, 2.05) is 6.92 Å². The molecule has 1 aromatic rings. The van der Waals surface area contributed by atoms with E-state index in [2.05, 4.69) is 39.8 Å². The number of rotatable bonds is 3. The second-order valence-corrected chi connectivity index (χ2v) is 4.92. The van der Waals surface area contributed by atoms with Crippen LogP contribution in [0.5, 0.6) is 5.75 Å². The van der Waals surface area contributed by atoms with Gasteiger partial charge in [-0.05, 0) is 48.9 Å². The highest BCUT2D eigenvalue weighted by atomic mass is 16.5. The molecule has 17 heavy (non-hydrogen) atoms. The van der Waals surface area contributed by atoms with E-state index in [-0.39, 0.29) is 5.92 Å². The molecule has 1 rings (SSSR count). The summed E-state index contributed by atoms with van der Waals surface area (Å²) < 4.78 is 5.40. The predicted molar refractivity (Wildman–Crippen MR) is 70.4 cm³/mol. The van der Waals surface area contributed by atoms with Crippen LogP contribution in [0.25, 0.3) is 0 Å². The van der Waals surface area contributed by atoms with Gasteiger partial charge in [-0.15, -0.1) is 0 Å². The lowest BCUT2D eigenvalue weighted by atomic mass is 9.84. The fourth-order valence-electron chi connectivity index (χ4n) is 2.30. The van der Waals surface area contributed by atoms with Gasteiger partial charge in [0.25, 0.3) is 0 Å². The van der Waals surface area contributed by atoms with E-state index in [0.717, 1.165) is 22.4 Å². The van der Waals surface area contributed by atoms with Gasteiger partial charge in [0.15, 0.2) is 0 Å². The highest BCUT2D eigenvalue weighted by Gasteiger charge is 2.20. The molecule has 92 valence electrons. The van der Waals surface area contributed by atoms with Crippen LogP contribution in [-0.4, -0.2) is 7.11 Å². The molecule has 0 saturated carbocycles.